The van der Waals surface area contributed by atoms with Gasteiger partial charge in [0.15, 0.2) is 17.3 Å². The summed E-state index contributed by atoms with van der Waals surface area (Å²) in [6.07, 6.45) is 13.6. The van der Waals surface area contributed by atoms with Crippen LogP contribution in [0.5, 0.6) is 0 Å². The Hall–Kier alpha value is -2.76. The Morgan fingerprint density at radius 1 is 1.08 bits per heavy atom. The monoisotopic (exact) mass is 486 g/mol. The maximum absolute atomic E-state index is 5.13. The van der Waals surface area contributed by atoms with Gasteiger partial charge in [-0.3, -0.25) is 4.98 Å². The van der Waals surface area contributed by atoms with Crippen LogP contribution in [-0.2, 0) is 13.0 Å². The number of hydrogen-bond acceptors (Lipinski definition) is 5. The van der Waals surface area contributed by atoms with Gasteiger partial charge in [-0.1, -0.05) is 33.3 Å². The van der Waals surface area contributed by atoms with E-state index < -0.39 is 0 Å². The van der Waals surface area contributed by atoms with Crippen molar-refractivity contribution in [3.63, 3.8) is 0 Å². The fourth-order valence-electron chi connectivity index (χ4n) is 5.78. The average Bonchev–Trinajstić information content (AvgIpc) is 3.21. The second-order valence-electron chi connectivity index (χ2n) is 11.3. The van der Waals surface area contributed by atoms with Gasteiger partial charge in [-0.2, -0.15) is 0 Å². The summed E-state index contributed by atoms with van der Waals surface area (Å²) < 4.78 is 2.38. The average molecular weight is 487 g/mol. The van der Waals surface area contributed by atoms with Gasteiger partial charge in [-0.25, -0.2) is 15.0 Å². The highest BCUT2D eigenvalue weighted by Gasteiger charge is 2.28. The van der Waals surface area contributed by atoms with Crippen LogP contribution in [0.4, 0.5) is 5.82 Å². The fourth-order valence-corrected chi connectivity index (χ4v) is 5.78. The van der Waals surface area contributed by atoms with Gasteiger partial charge in [0.25, 0.3) is 0 Å². The van der Waals surface area contributed by atoms with Crippen molar-refractivity contribution in [1.82, 2.24) is 24.5 Å². The van der Waals surface area contributed by atoms with Gasteiger partial charge in [0, 0.05) is 25.2 Å². The Morgan fingerprint density at radius 2 is 1.86 bits per heavy atom. The number of aryl methyl sites for hydroxylation is 1. The number of rotatable bonds is 9. The molecule has 2 fully saturated rings. The second-order valence-corrected chi connectivity index (χ2v) is 11.3. The molecular weight excluding hydrogens is 444 g/mol. The molecule has 0 saturated heterocycles. The lowest BCUT2D eigenvalue weighted by molar-refractivity contribution is 0.283. The van der Waals surface area contributed by atoms with Gasteiger partial charge in [0.2, 0.25) is 0 Å². The summed E-state index contributed by atoms with van der Waals surface area (Å²) in [7, 11) is 0. The highest BCUT2D eigenvalue weighted by molar-refractivity contribution is 5.87. The summed E-state index contributed by atoms with van der Waals surface area (Å²) in [4.78, 5) is 19.8. The number of pyridine rings is 1. The van der Waals surface area contributed by atoms with E-state index in [0.717, 1.165) is 53.2 Å². The Labute approximate surface area is 216 Å². The first-order chi connectivity index (χ1) is 17.5. The van der Waals surface area contributed by atoms with E-state index in [4.69, 9.17) is 19.9 Å². The molecule has 6 heteroatoms. The van der Waals surface area contributed by atoms with Crippen LogP contribution in [0, 0.1) is 17.8 Å². The van der Waals surface area contributed by atoms with Crippen molar-refractivity contribution in [3.8, 4) is 11.5 Å². The predicted octanol–water partition coefficient (Wildman–Crippen LogP) is 7.17. The number of nitrogens with zero attached hydrogens (tertiary/aromatic N) is 5. The van der Waals surface area contributed by atoms with E-state index in [2.05, 4.69) is 62.4 Å². The zero-order valence-electron chi connectivity index (χ0n) is 22.5. The quantitative estimate of drug-likeness (QED) is 0.325. The van der Waals surface area contributed by atoms with Crippen molar-refractivity contribution in [2.24, 2.45) is 17.8 Å². The summed E-state index contributed by atoms with van der Waals surface area (Å²) in [6, 6.07) is 4.70. The van der Waals surface area contributed by atoms with Gasteiger partial charge >= 0.3 is 0 Å². The van der Waals surface area contributed by atoms with Gasteiger partial charge in [0.1, 0.15) is 17.0 Å². The van der Waals surface area contributed by atoms with E-state index in [-0.39, 0.29) is 0 Å². The Kier molecular flexibility index (Phi) is 7.40. The maximum atomic E-state index is 5.13. The minimum Gasteiger partial charge on any atom is -0.365 e. The number of allylic oxidation sites excluding steroid dienone is 1. The van der Waals surface area contributed by atoms with Gasteiger partial charge in [0.05, 0.1) is 0 Å². The summed E-state index contributed by atoms with van der Waals surface area (Å²) in [5.41, 5.74) is 4.03. The molecule has 0 aromatic carbocycles. The van der Waals surface area contributed by atoms with Crippen LogP contribution >= 0.6 is 0 Å². The lowest BCUT2D eigenvalue weighted by Crippen LogP contribution is -2.31. The highest BCUT2D eigenvalue weighted by atomic mass is 15.2. The molecule has 0 radical (unpaired) electrons. The number of anilines is 1. The minimum atomic E-state index is 0.388. The molecule has 1 unspecified atom stereocenters. The molecule has 3 aromatic rings. The zero-order chi connectivity index (χ0) is 25.2. The highest BCUT2D eigenvalue weighted by Crippen LogP contribution is 2.36. The standard InChI is InChI=1S/C30H42N6/c1-6-21-11-13-22(14-12-21)18-36-27-28(32-20(5)23-9-8-10-23)33-26(7-2)34-29(27)35-30(36)25-17-24(19(3)4)15-16-31-25/h6,15-17,19-23H,1,7-14,18H2,2-5H3,(H,32,33,34). The van der Waals surface area contributed by atoms with Crippen molar-refractivity contribution < 1.29 is 0 Å². The fraction of sp³-hybridized carbons (Fsp3) is 0.600. The third-order valence-corrected chi connectivity index (χ3v) is 8.53. The van der Waals surface area contributed by atoms with Crippen LogP contribution < -0.4 is 5.32 Å². The molecule has 6 nitrogen and oxygen atoms in total. The van der Waals surface area contributed by atoms with Crippen molar-refractivity contribution in [2.75, 3.05) is 5.32 Å². The van der Waals surface area contributed by atoms with Crippen LogP contribution in [0.25, 0.3) is 22.7 Å². The predicted molar refractivity (Wildman–Crippen MR) is 148 cm³/mol. The molecule has 0 aliphatic heterocycles. The van der Waals surface area contributed by atoms with E-state index in [1.54, 1.807) is 0 Å². The molecule has 5 rings (SSSR count). The smallest absolute Gasteiger partial charge is 0.183 e. The maximum Gasteiger partial charge on any atom is 0.183 e. The number of hydrogen-bond donors (Lipinski definition) is 1. The summed E-state index contributed by atoms with van der Waals surface area (Å²) in [6.45, 7) is 13.8. The van der Waals surface area contributed by atoms with Gasteiger partial charge in [-0.05, 0) is 86.8 Å². The van der Waals surface area contributed by atoms with Crippen LogP contribution in [0.1, 0.15) is 89.9 Å². The molecule has 3 heterocycles. The molecule has 1 N–H and O–H groups in total. The molecule has 2 aliphatic carbocycles. The number of fused-ring (bicyclic) bond motifs is 1. The topological polar surface area (TPSA) is 68.5 Å². The van der Waals surface area contributed by atoms with Gasteiger partial charge < -0.3 is 9.88 Å². The molecule has 1 atom stereocenters. The molecular formula is C30H42N6. The Morgan fingerprint density at radius 3 is 2.50 bits per heavy atom. The first kappa shape index (κ1) is 24.9. The number of aromatic nitrogens is 5. The van der Waals surface area contributed by atoms with E-state index in [1.165, 1.54) is 50.5 Å². The van der Waals surface area contributed by atoms with Crippen LogP contribution in [0.2, 0.25) is 0 Å². The Balaban J connectivity index is 1.61. The van der Waals surface area contributed by atoms with Crippen LogP contribution in [-0.4, -0.2) is 30.5 Å². The second kappa shape index (κ2) is 10.7. The minimum absolute atomic E-state index is 0.388. The molecule has 2 saturated carbocycles. The molecule has 192 valence electrons. The molecule has 0 amide bonds. The van der Waals surface area contributed by atoms with Crippen molar-refractivity contribution in [1.29, 1.82) is 0 Å². The molecule has 0 bridgehead atoms. The Bertz CT molecular complexity index is 1200. The third kappa shape index (κ3) is 5.05. The van der Waals surface area contributed by atoms with Crippen LogP contribution in [0.3, 0.4) is 0 Å². The summed E-state index contributed by atoms with van der Waals surface area (Å²) in [5.74, 6) is 5.11. The van der Waals surface area contributed by atoms with E-state index >= 15 is 0 Å². The zero-order valence-corrected chi connectivity index (χ0v) is 22.5. The number of nitrogens with one attached hydrogen (secondary N) is 1. The summed E-state index contributed by atoms with van der Waals surface area (Å²) in [5, 5.41) is 3.80. The van der Waals surface area contributed by atoms with E-state index in [9.17, 15) is 0 Å². The van der Waals surface area contributed by atoms with Gasteiger partial charge in [-0.15, -0.1) is 6.58 Å². The lowest BCUT2D eigenvalue weighted by Gasteiger charge is -2.32. The first-order valence-corrected chi connectivity index (χ1v) is 14.1. The SMILES string of the molecule is C=CC1CCC(Cn2c(-c3cc(C(C)C)ccn3)nc3nc(CC)nc(NC(C)C4CCC4)c32)CC1. The largest absolute Gasteiger partial charge is 0.365 e. The van der Waals surface area contributed by atoms with Crippen molar-refractivity contribution in [2.45, 2.75) is 97.6 Å². The normalized spacial score (nSPS) is 21.5. The first-order valence-electron chi connectivity index (χ1n) is 14.1. The van der Waals surface area contributed by atoms with E-state index in [0.29, 0.717) is 23.8 Å². The molecule has 0 spiro atoms. The van der Waals surface area contributed by atoms with E-state index in [1.807, 2.05) is 6.20 Å². The summed E-state index contributed by atoms with van der Waals surface area (Å²) >= 11 is 0. The van der Waals surface area contributed by atoms with Crippen molar-refractivity contribution >= 4 is 17.0 Å². The molecule has 3 aromatic heterocycles. The van der Waals surface area contributed by atoms with Crippen molar-refractivity contribution in [3.05, 3.63) is 42.4 Å². The third-order valence-electron chi connectivity index (χ3n) is 8.53. The van der Waals surface area contributed by atoms with Crippen LogP contribution in [0.15, 0.2) is 31.0 Å². The number of imidazole rings is 1. The molecule has 2 aliphatic rings. The molecule has 36 heavy (non-hydrogen) atoms. The lowest BCUT2D eigenvalue weighted by atomic mass is 9.80.